The number of rotatable bonds is 33. The van der Waals surface area contributed by atoms with E-state index in [-0.39, 0.29) is 43.0 Å². The molecule has 2 atom stereocenters. The molecule has 6 rings (SSSR count). The summed E-state index contributed by atoms with van der Waals surface area (Å²) < 4.78 is 64.4. The van der Waals surface area contributed by atoms with E-state index in [1.54, 1.807) is 99.0 Å². The Morgan fingerprint density at radius 1 is 0.333 bits per heavy atom. The molecule has 0 bridgehead atoms. The second-order valence-electron chi connectivity index (χ2n) is 18.0. The number of carbonyl (C=O) groups excluding carboxylic acids is 5. The zero-order valence-electron chi connectivity index (χ0n) is 47.1. The van der Waals surface area contributed by atoms with Gasteiger partial charge in [-0.15, -0.1) is 0 Å². The number of hydrogen-bond acceptors (Lipinski definition) is 17. The van der Waals surface area contributed by atoms with Crippen molar-refractivity contribution in [2.24, 2.45) is 11.8 Å². The Hall–Kier alpha value is -8.09. The maximum absolute atomic E-state index is 12.6. The van der Waals surface area contributed by atoms with Crippen LogP contribution < -0.4 is 23.7 Å². The van der Waals surface area contributed by atoms with Crippen molar-refractivity contribution in [3.05, 3.63) is 162 Å². The maximum Gasteiger partial charge on any atom is 0.343 e. The van der Waals surface area contributed by atoms with Gasteiger partial charge in [-0.1, -0.05) is 76.2 Å². The summed E-state index contributed by atoms with van der Waals surface area (Å²) in [6.07, 6.45) is 1.51. The van der Waals surface area contributed by atoms with Gasteiger partial charge in [-0.2, -0.15) is 0 Å². The Morgan fingerprint density at radius 2 is 0.617 bits per heavy atom. The SMILES string of the molecule is CCC(C)C(=O)OCCOCCOCCOc1ccc(C(=O)Oc2ccc(-c3ccc(OC)cc3)cc2)cc1.CCOC(=O)c1ccc(-c2ccc(OC(=O)c3ccc(OCCOCCOCCOC(=O)C(C)CC)cc3)cc2)cc1. The molecule has 0 radical (unpaired) electrons. The van der Waals surface area contributed by atoms with Gasteiger partial charge >= 0.3 is 29.8 Å². The largest absolute Gasteiger partial charge is 0.497 e. The minimum absolute atomic E-state index is 0.0896. The number of benzene rings is 6. The van der Waals surface area contributed by atoms with Gasteiger partial charge in [0.05, 0.1) is 95.1 Å². The summed E-state index contributed by atoms with van der Waals surface area (Å²) in [7, 11) is 1.63. The van der Waals surface area contributed by atoms with Crippen LogP contribution in [0.3, 0.4) is 0 Å². The molecule has 0 N–H and O–H groups in total. The van der Waals surface area contributed by atoms with Gasteiger partial charge in [-0.3, -0.25) is 9.59 Å². The molecular formula is C64H74O17. The highest BCUT2D eigenvalue weighted by Gasteiger charge is 2.15. The topological polar surface area (TPSA) is 196 Å². The molecule has 432 valence electrons. The van der Waals surface area contributed by atoms with E-state index in [1.165, 1.54) is 0 Å². The summed E-state index contributed by atoms with van der Waals surface area (Å²) in [5.74, 6) is 1.03. The average molecular weight is 1120 g/mol. The van der Waals surface area contributed by atoms with Crippen LogP contribution in [0, 0.1) is 11.8 Å². The van der Waals surface area contributed by atoms with Crippen LogP contribution in [0.1, 0.15) is 78.5 Å². The molecule has 17 nitrogen and oxygen atoms in total. The van der Waals surface area contributed by atoms with Crippen molar-refractivity contribution in [3.63, 3.8) is 0 Å². The number of esters is 5. The second kappa shape index (κ2) is 36.2. The van der Waals surface area contributed by atoms with Gasteiger partial charge in [0.25, 0.3) is 0 Å². The maximum atomic E-state index is 12.6. The lowest BCUT2D eigenvalue weighted by Gasteiger charge is -2.10. The summed E-state index contributed by atoms with van der Waals surface area (Å²) in [6.45, 7) is 13.9. The van der Waals surface area contributed by atoms with Gasteiger partial charge in [-0.25, -0.2) is 14.4 Å². The molecule has 0 amide bonds. The predicted molar refractivity (Wildman–Crippen MR) is 304 cm³/mol. The van der Waals surface area contributed by atoms with Crippen LogP contribution in [0.25, 0.3) is 22.3 Å². The average Bonchev–Trinajstić information content (AvgIpc) is 3.50. The first-order valence-corrected chi connectivity index (χ1v) is 27.1. The fourth-order valence-corrected chi connectivity index (χ4v) is 7.03. The number of hydrogen-bond donors (Lipinski definition) is 0. The summed E-state index contributed by atoms with van der Waals surface area (Å²) in [6, 6.07) is 42.8. The van der Waals surface area contributed by atoms with Crippen LogP contribution in [-0.4, -0.2) is 123 Å². The van der Waals surface area contributed by atoms with Gasteiger partial charge in [0, 0.05) is 0 Å². The summed E-state index contributed by atoms with van der Waals surface area (Å²) in [5.41, 5.74) is 5.20. The number of methoxy groups -OCH3 is 1. The fourth-order valence-electron chi connectivity index (χ4n) is 7.03. The molecule has 81 heavy (non-hydrogen) atoms. The monoisotopic (exact) mass is 1110 g/mol. The normalized spacial score (nSPS) is 11.4. The smallest absolute Gasteiger partial charge is 0.343 e. The summed E-state index contributed by atoms with van der Waals surface area (Å²) in [5, 5.41) is 0. The van der Waals surface area contributed by atoms with Crippen LogP contribution >= 0.6 is 0 Å². The molecule has 0 aliphatic carbocycles. The lowest BCUT2D eigenvalue weighted by molar-refractivity contribution is -0.150. The highest BCUT2D eigenvalue weighted by molar-refractivity contribution is 5.92. The third-order valence-electron chi connectivity index (χ3n) is 12.2. The molecule has 17 heteroatoms. The molecule has 2 unspecified atom stereocenters. The van der Waals surface area contributed by atoms with Crippen molar-refractivity contribution < 1.29 is 80.8 Å². The Labute approximate surface area is 474 Å². The molecule has 0 fully saturated rings. The van der Waals surface area contributed by atoms with Gasteiger partial charge < -0.3 is 56.8 Å². The molecule has 6 aromatic carbocycles. The third kappa shape index (κ3) is 23.3. The second-order valence-corrected chi connectivity index (χ2v) is 18.0. The van der Waals surface area contributed by atoms with Crippen LogP contribution in [-0.2, 0) is 42.7 Å². The molecule has 0 saturated carbocycles. The summed E-state index contributed by atoms with van der Waals surface area (Å²) >= 11 is 0. The van der Waals surface area contributed by atoms with E-state index < -0.39 is 11.9 Å². The number of carbonyl (C=O) groups is 5. The zero-order valence-corrected chi connectivity index (χ0v) is 47.1. The van der Waals surface area contributed by atoms with Crippen LogP contribution in [0.5, 0.6) is 28.7 Å². The first kappa shape index (κ1) is 63.7. The van der Waals surface area contributed by atoms with E-state index in [0.717, 1.165) is 40.8 Å². The molecule has 0 saturated heterocycles. The van der Waals surface area contributed by atoms with E-state index in [1.807, 2.05) is 88.4 Å². The quantitative estimate of drug-likeness (QED) is 0.0163. The van der Waals surface area contributed by atoms with Gasteiger partial charge in [-0.05, 0) is 139 Å². The first-order valence-electron chi connectivity index (χ1n) is 27.1. The fraction of sp³-hybridized carbons (Fsp3) is 0.359. The van der Waals surface area contributed by atoms with E-state index in [0.29, 0.717) is 112 Å². The molecule has 0 heterocycles. The molecule has 0 spiro atoms. The molecule has 0 aromatic heterocycles. The van der Waals surface area contributed by atoms with Crippen LogP contribution in [0.15, 0.2) is 146 Å². The Morgan fingerprint density at radius 3 is 0.951 bits per heavy atom. The highest BCUT2D eigenvalue weighted by atomic mass is 16.6. The van der Waals surface area contributed by atoms with Crippen LogP contribution in [0.2, 0.25) is 0 Å². The first-order chi connectivity index (χ1) is 39.4. The lowest BCUT2D eigenvalue weighted by atomic mass is 10.0. The van der Waals surface area contributed by atoms with Crippen molar-refractivity contribution in [2.45, 2.75) is 47.5 Å². The van der Waals surface area contributed by atoms with Gasteiger partial charge in [0.15, 0.2) is 0 Å². The minimum atomic E-state index is -0.480. The van der Waals surface area contributed by atoms with E-state index >= 15 is 0 Å². The third-order valence-corrected chi connectivity index (χ3v) is 12.2. The standard InChI is InChI=1S/C33H38O9.C31H36O8/c1-4-24(3)31(34)41-23-21-38-19-18-37-20-22-40-29-14-12-28(13-15-29)33(36)42-30-16-10-26(11-17-30)25-6-8-27(9-7-25)32(35)39-5-2;1-4-23(2)30(32)38-22-20-36-18-17-35-19-21-37-28-13-9-26(10-14-28)31(33)39-29-15-7-25(8-16-29)24-5-11-27(34-3)12-6-24/h6-17,24H,4-5,18-23H2,1-3H3;5-16,23H,4,17-22H2,1-3H3. The Kier molecular flexibility index (Phi) is 28.5. The zero-order chi connectivity index (χ0) is 58.0. The van der Waals surface area contributed by atoms with Gasteiger partial charge in [0.2, 0.25) is 0 Å². The van der Waals surface area contributed by atoms with Crippen molar-refractivity contribution >= 4 is 29.8 Å². The van der Waals surface area contributed by atoms with Crippen molar-refractivity contribution in [2.75, 3.05) is 93.0 Å². The predicted octanol–water partition coefficient (Wildman–Crippen LogP) is 11.3. The van der Waals surface area contributed by atoms with Crippen molar-refractivity contribution in [1.29, 1.82) is 0 Å². The van der Waals surface area contributed by atoms with Gasteiger partial charge in [0.1, 0.15) is 55.2 Å². The Balaban J connectivity index is 0.000000298. The van der Waals surface area contributed by atoms with Crippen molar-refractivity contribution in [1.82, 2.24) is 0 Å². The molecule has 6 aromatic rings. The van der Waals surface area contributed by atoms with E-state index in [2.05, 4.69) is 0 Å². The van der Waals surface area contributed by atoms with Crippen LogP contribution in [0.4, 0.5) is 0 Å². The van der Waals surface area contributed by atoms with Crippen molar-refractivity contribution in [3.8, 4) is 51.0 Å². The number of ether oxygens (including phenoxy) is 12. The van der Waals surface area contributed by atoms with E-state index in [4.69, 9.17) is 56.8 Å². The highest BCUT2D eigenvalue weighted by Crippen LogP contribution is 2.27. The minimum Gasteiger partial charge on any atom is -0.497 e. The molecular weight excluding hydrogens is 1040 g/mol. The molecule has 0 aliphatic heterocycles. The Bertz CT molecular complexity index is 2780. The lowest BCUT2D eigenvalue weighted by Crippen LogP contribution is -2.18. The molecule has 0 aliphatic rings. The van der Waals surface area contributed by atoms with E-state index in [9.17, 15) is 24.0 Å². The summed E-state index contributed by atoms with van der Waals surface area (Å²) in [4.78, 5) is 60.0.